The van der Waals surface area contributed by atoms with Crippen molar-refractivity contribution in [2.45, 2.75) is 19.4 Å². The van der Waals surface area contributed by atoms with E-state index < -0.39 is 0 Å². The van der Waals surface area contributed by atoms with Crippen LogP contribution in [0, 0.1) is 5.92 Å². The van der Waals surface area contributed by atoms with Crippen LogP contribution in [0.15, 0.2) is 73.3 Å². The van der Waals surface area contributed by atoms with E-state index in [1.54, 1.807) is 12.7 Å². The van der Waals surface area contributed by atoms with Gasteiger partial charge >= 0.3 is 0 Å². The molecular formula is C18H19N3. The van der Waals surface area contributed by atoms with E-state index in [1.165, 1.54) is 11.1 Å². The summed E-state index contributed by atoms with van der Waals surface area (Å²) in [6.07, 6.45) is 3.41. The van der Waals surface area contributed by atoms with Gasteiger partial charge in [0, 0.05) is 0 Å². The lowest BCUT2D eigenvalue weighted by Crippen LogP contribution is -2.41. The number of hydrogen-bond donors (Lipinski definition) is 0. The molecule has 106 valence electrons. The quantitative estimate of drug-likeness (QED) is 0.727. The van der Waals surface area contributed by atoms with Gasteiger partial charge in [0.05, 0.1) is 0 Å². The van der Waals surface area contributed by atoms with E-state index in [1.807, 2.05) is 16.8 Å². The summed E-state index contributed by atoms with van der Waals surface area (Å²) in [4.78, 5) is 4.17. The summed E-state index contributed by atoms with van der Waals surface area (Å²) in [6, 6.07) is 21.0. The van der Waals surface area contributed by atoms with Gasteiger partial charge in [-0.2, -0.15) is 5.10 Å². The lowest BCUT2D eigenvalue weighted by atomic mass is 9.74. The molecule has 0 radical (unpaired) electrons. The minimum atomic E-state index is -0.348. The Bertz CT molecular complexity index is 634. The Balaban J connectivity index is 2.33. The molecule has 3 rings (SSSR count). The first kappa shape index (κ1) is 13.6. The average molecular weight is 277 g/mol. The van der Waals surface area contributed by atoms with Crippen LogP contribution >= 0.6 is 0 Å². The van der Waals surface area contributed by atoms with Crippen LogP contribution in [-0.4, -0.2) is 14.8 Å². The van der Waals surface area contributed by atoms with Gasteiger partial charge in [-0.15, -0.1) is 0 Å². The van der Waals surface area contributed by atoms with E-state index in [0.717, 1.165) is 0 Å². The smallest absolute Gasteiger partial charge is 0.137 e. The summed E-state index contributed by atoms with van der Waals surface area (Å²) in [5.74, 6) is 0.323. The third-order valence-electron chi connectivity index (χ3n) is 4.04. The second-order valence-corrected chi connectivity index (χ2v) is 5.49. The fourth-order valence-electron chi connectivity index (χ4n) is 3.14. The zero-order valence-corrected chi connectivity index (χ0v) is 12.3. The highest BCUT2D eigenvalue weighted by atomic mass is 15.4. The van der Waals surface area contributed by atoms with Crippen LogP contribution < -0.4 is 0 Å². The zero-order valence-electron chi connectivity index (χ0n) is 12.3. The van der Waals surface area contributed by atoms with Crippen molar-refractivity contribution < 1.29 is 0 Å². The molecule has 1 aromatic heterocycles. The largest absolute Gasteiger partial charge is 0.238 e. The van der Waals surface area contributed by atoms with Gasteiger partial charge < -0.3 is 0 Å². The molecule has 3 nitrogen and oxygen atoms in total. The zero-order chi connectivity index (χ0) is 14.7. The summed E-state index contributed by atoms with van der Waals surface area (Å²) in [5, 5.41) is 4.47. The predicted molar refractivity (Wildman–Crippen MR) is 83.9 cm³/mol. The van der Waals surface area contributed by atoms with Crippen molar-refractivity contribution in [1.82, 2.24) is 14.8 Å². The van der Waals surface area contributed by atoms with Crippen molar-refractivity contribution in [2.75, 3.05) is 0 Å². The molecule has 0 aliphatic carbocycles. The molecule has 0 N–H and O–H groups in total. The predicted octanol–water partition coefficient (Wildman–Crippen LogP) is 3.73. The topological polar surface area (TPSA) is 30.7 Å². The van der Waals surface area contributed by atoms with Crippen molar-refractivity contribution >= 4 is 0 Å². The molecule has 1 heterocycles. The molecule has 0 fully saturated rings. The standard InChI is InChI=1S/C18H19N3/c1-15(2)18(21-14-19-13-20-21,16-9-5-3-6-10-16)17-11-7-4-8-12-17/h3-15H,1-2H3. The highest BCUT2D eigenvalue weighted by Gasteiger charge is 2.40. The first-order chi connectivity index (χ1) is 10.3. The van der Waals surface area contributed by atoms with Crippen molar-refractivity contribution in [3.05, 3.63) is 84.4 Å². The number of nitrogens with zero attached hydrogens (tertiary/aromatic N) is 3. The fraction of sp³-hybridized carbons (Fsp3) is 0.222. The molecule has 0 spiro atoms. The summed E-state index contributed by atoms with van der Waals surface area (Å²) in [5.41, 5.74) is 2.09. The molecule has 0 bridgehead atoms. The maximum Gasteiger partial charge on any atom is 0.137 e. The third kappa shape index (κ3) is 2.15. The van der Waals surface area contributed by atoms with E-state index >= 15 is 0 Å². The number of hydrogen-bond acceptors (Lipinski definition) is 2. The minimum Gasteiger partial charge on any atom is -0.238 e. The van der Waals surface area contributed by atoms with Gasteiger partial charge in [-0.05, 0) is 17.0 Å². The molecule has 0 unspecified atom stereocenters. The minimum absolute atomic E-state index is 0.323. The Labute approximate surface area is 125 Å². The Morgan fingerprint density at radius 2 is 1.38 bits per heavy atom. The average Bonchev–Trinajstić information content (AvgIpc) is 3.04. The van der Waals surface area contributed by atoms with Gasteiger partial charge in [0.25, 0.3) is 0 Å². The molecule has 21 heavy (non-hydrogen) atoms. The Kier molecular flexibility index (Phi) is 3.57. The maximum absolute atomic E-state index is 4.47. The lowest BCUT2D eigenvalue weighted by molar-refractivity contribution is 0.283. The highest BCUT2D eigenvalue weighted by molar-refractivity contribution is 5.39. The molecule has 0 atom stereocenters. The van der Waals surface area contributed by atoms with E-state index in [0.29, 0.717) is 5.92 Å². The van der Waals surface area contributed by atoms with Crippen LogP contribution in [0.1, 0.15) is 25.0 Å². The fourth-order valence-corrected chi connectivity index (χ4v) is 3.14. The van der Waals surface area contributed by atoms with E-state index in [2.05, 4.69) is 72.5 Å². The SMILES string of the molecule is CC(C)C(c1ccccc1)(c1ccccc1)n1cncn1. The molecule has 0 saturated heterocycles. The number of aromatic nitrogens is 3. The lowest BCUT2D eigenvalue weighted by Gasteiger charge is -2.38. The van der Waals surface area contributed by atoms with Gasteiger partial charge in [-0.25, -0.2) is 9.67 Å². The summed E-state index contributed by atoms with van der Waals surface area (Å²) < 4.78 is 1.97. The second-order valence-electron chi connectivity index (χ2n) is 5.49. The van der Waals surface area contributed by atoms with Gasteiger partial charge in [-0.3, -0.25) is 0 Å². The van der Waals surface area contributed by atoms with E-state index in [-0.39, 0.29) is 5.54 Å². The number of rotatable bonds is 4. The summed E-state index contributed by atoms with van der Waals surface area (Å²) >= 11 is 0. The molecule has 0 aliphatic rings. The Morgan fingerprint density at radius 3 is 1.76 bits per heavy atom. The normalized spacial score (nSPS) is 11.8. The van der Waals surface area contributed by atoms with Crippen LogP contribution in [0.3, 0.4) is 0 Å². The Hall–Kier alpha value is -2.42. The molecule has 2 aromatic carbocycles. The monoisotopic (exact) mass is 277 g/mol. The van der Waals surface area contributed by atoms with Gasteiger partial charge in [-0.1, -0.05) is 74.5 Å². The molecule has 3 heteroatoms. The van der Waals surface area contributed by atoms with Crippen LogP contribution in [0.2, 0.25) is 0 Å². The van der Waals surface area contributed by atoms with Crippen molar-refractivity contribution in [3.8, 4) is 0 Å². The van der Waals surface area contributed by atoms with E-state index in [9.17, 15) is 0 Å². The molecule has 0 saturated carbocycles. The Morgan fingerprint density at radius 1 is 0.857 bits per heavy atom. The van der Waals surface area contributed by atoms with Gasteiger partial charge in [0.15, 0.2) is 0 Å². The van der Waals surface area contributed by atoms with Gasteiger partial charge in [0.1, 0.15) is 18.2 Å². The van der Waals surface area contributed by atoms with Crippen LogP contribution in [0.4, 0.5) is 0 Å². The molecule has 0 amide bonds. The van der Waals surface area contributed by atoms with Crippen LogP contribution in [0.25, 0.3) is 0 Å². The summed E-state index contributed by atoms with van der Waals surface area (Å²) in [7, 11) is 0. The number of benzene rings is 2. The van der Waals surface area contributed by atoms with Crippen molar-refractivity contribution in [2.24, 2.45) is 5.92 Å². The first-order valence-corrected chi connectivity index (χ1v) is 7.22. The molecule has 0 aliphatic heterocycles. The third-order valence-corrected chi connectivity index (χ3v) is 4.04. The highest BCUT2D eigenvalue weighted by Crippen LogP contribution is 2.39. The van der Waals surface area contributed by atoms with Crippen molar-refractivity contribution in [3.63, 3.8) is 0 Å². The molecule has 3 aromatic rings. The van der Waals surface area contributed by atoms with Crippen LogP contribution in [-0.2, 0) is 5.54 Å². The maximum atomic E-state index is 4.47. The van der Waals surface area contributed by atoms with Crippen molar-refractivity contribution in [1.29, 1.82) is 0 Å². The molecular weight excluding hydrogens is 258 g/mol. The van der Waals surface area contributed by atoms with Gasteiger partial charge in [0.2, 0.25) is 0 Å². The van der Waals surface area contributed by atoms with Crippen LogP contribution in [0.5, 0.6) is 0 Å². The second kappa shape index (κ2) is 5.52. The van der Waals surface area contributed by atoms with E-state index in [4.69, 9.17) is 0 Å². The first-order valence-electron chi connectivity index (χ1n) is 7.22. The summed E-state index contributed by atoms with van der Waals surface area (Å²) in [6.45, 7) is 4.45.